The lowest BCUT2D eigenvalue weighted by molar-refractivity contribution is 0.0948. The van der Waals surface area contributed by atoms with E-state index in [1.165, 1.54) is 28.1 Å². The molecule has 0 unspecified atom stereocenters. The minimum absolute atomic E-state index is 0.216. The van der Waals surface area contributed by atoms with E-state index in [9.17, 15) is 4.79 Å². The van der Waals surface area contributed by atoms with Gasteiger partial charge in [-0.3, -0.25) is 9.69 Å². The Kier molecular flexibility index (Phi) is 6.68. The quantitative estimate of drug-likeness (QED) is 0.328. The zero-order valence-corrected chi connectivity index (χ0v) is 19.6. The van der Waals surface area contributed by atoms with Crippen LogP contribution in [-0.4, -0.2) is 45.6 Å². The lowest BCUT2D eigenvalue weighted by Gasteiger charge is -2.18. The molecule has 1 amide bonds. The first-order valence-corrected chi connectivity index (χ1v) is 11.6. The second kappa shape index (κ2) is 10.4. The molecule has 5 aromatic rings. The number of nitrogens with one attached hydrogen (secondary N) is 1. The number of hydrogen-bond acceptors (Lipinski definition) is 5. The Bertz CT molecular complexity index is 1440. The SMILES string of the molecule is CN(Cc1ccc(OCCNC(=O)c2cnn3cccnc23)cc1)Cc1cccc2ccccc12. The van der Waals surface area contributed by atoms with Crippen LogP contribution in [0.5, 0.6) is 5.75 Å². The van der Waals surface area contributed by atoms with E-state index < -0.39 is 0 Å². The monoisotopic (exact) mass is 465 g/mol. The van der Waals surface area contributed by atoms with Crippen LogP contribution in [0.25, 0.3) is 16.4 Å². The van der Waals surface area contributed by atoms with Gasteiger partial charge in [0.2, 0.25) is 0 Å². The first kappa shape index (κ1) is 22.6. The Morgan fingerprint density at radius 2 is 1.83 bits per heavy atom. The van der Waals surface area contributed by atoms with Crippen molar-refractivity contribution in [2.75, 3.05) is 20.2 Å². The third-order valence-electron chi connectivity index (χ3n) is 5.88. The van der Waals surface area contributed by atoms with Gasteiger partial charge in [-0.2, -0.15) is 5.10 Å². The fourth-order valence-electron chi connectivity index (χ4n) is 4.20. The molecule has 5 rings (SSSR count). The molecule has 0 aliphatic carbocycles. The van der Waals surface area contributed by atoms with E-state index in [-0.39, 0.29) is 5.91 Å². The lowest BCUT2D eigenvalue weighted by Crippen LogP contribution is -2.28. The normalized spacial score (nSPS) is 11.3. The van der Waals surface area contributed by atoms with E-state index in [0.29, 0.717) is 24.4 Å². The average Bonchev–Trinajstić information content (AvgIpc) is 3.32. The summed E-state index contributed by atoms with van der Waals surface area (Å²) in [6, 6.07) is 24.8. The zero-order valence-electron chi connectivity index (χ0n) is 19.6. The molecule has 0 fully saturated rings. The predicted octanol–water partition coefficient (Wildman–Crippen LogP) is 4.32. The van der Waals surface area contributed by atoms with E-state index in [4.69, 9.17) is 4.74 Å². The van der Waals surface area contributed by atoms with Crippen molar-refractivity contribution in [2.24, 2.45) is 0 Å². The van der Waals surface area contributed by atoms with E-state index in [1.807, 2.05) is 12.1 Å². The number of aromatic nitrogens is 3. The van der Waals surface area contributed by atoms with Crippen molar-refractivity contribution >= 4 is 22.3 Å². The van der Waals surface area contributed by atoms with Gasteiger partial charge in [-0.15, -0.1) is 0 Å². The van der Waals surface area contributed by atoms with Crippen LogP contribution in [0, 0.1) is 0 Å². The van der Waals surface area contributed by atoms with Crippen molar-refractivity contribution in [1.29, 1.82) is 0 Å². The standard InChI is InChI=1S/C28H27N5O2/c1-32(20-23-8-4-7-22-6-2-3-9-25(22)23)19-21-10-12-24(13-11-21)35-17-15-30-28(34)26-18-31-33-16-5-14-29-27(26)33/h2-14,16,18H,15,17,19-20H2,1H3,(H,30,34). The van der Waals surface area contributed by atoms with Gasteiger partial charge < -0.3 is 10.1 Å². The highest BCUT2D eigenvalue weighted by atomic mass is 16.5. The minimum atomic E-state index is -0.216. The molecular formula is C28H27N5O2. The molecule has 0 saturated heterocycles. The number of amides is 1. The highest BCUT2D eigenvalue weighted by Crippen LogP contribution is 2.21. The number of carbonyl (C=O) groups is 1. The van der Waals surface area contributed by atoms with Crippen molar-refractivity contribution in [3.05, 3.63) is 108 Å². The van der Waals surface area contributed by atoms with Crippen LogP contribution in [0.3, 0.4) is 0 Å². The minimum Gasteiger partial charge on any atom is -0.492 e. The van der Waals surface area contributed by atoms with Crippen molar-refractivity contribution in [3.63, 3.8) is 0 Å². The topological polar surface area (TPSA) is 71.8 Å². The molecule has 0 atom stereocenters. The number of hydrogen-bond donors (Lipinski definition) is 1. The fourth-order valence-corrected chi connectivity index (χ4v) is 4.20. The van der Waals surface area contributed by atoms with Crippen molar-refractivity contribution < 1.29 is 9.53 Å². The number of fused-ring (bicyclic) bond motifs is 2. The van der Waals surface area contributed by atoms with Gasteiger partial charge in [0.05, 0.1) is 12.7 Å². The van der Waals surface area contributed by atoms with E-state index in [2.05, 4.69) is 81.9 Å². The molecule has 0 aliphatic rings. The molecule has 0 saturated carbocycles. The van der Waals surface area contributed by atoms with Gasteiger partial charge in [-0.1, -0.05) is 54.6 Å². The molecular weight excluding hydrogens is 438 g/mol. The maximum atomic E-state index is 12.4. The number of carbonyl (C=O) groups excluding carboxylic acids is 1. The van der Waals surface area contributed by atoms with Gasteiger partial charge in [0, 0.05) is 25.5 Å². The highest BCUT2D eigenvalue weighted by Gasteiger charge is 2.13. The largest absolute Gasteiger partial charge is 0.492 e. The van der Waals surface area contributed by atoms with E-state index in [0.717, 1.165) is 18.8 Å². The van der Waals surface area contributed by atoms with Gasteiger partial charge >= 0.3 is 0 Å². The number of ether oxygens (including phenoxy) is 1. The smallest absolute Gasteiger partial charge is 0.256 e. The Hall–Kier alpha value is -4.23. The molecule has 0 spiro atoms. The third-order valence-corrected chi connectivity index (χ3v) is 5.88. The summed E-state index contributed by atoms with van der Waals surface area (Å²) in [5.41, 5.74) is 3.52. The molecule has 0 radical (unpaired) electrons. The van der Waals surface area contributed by atoms with Crippen LogP contribution >= 0.6 is 0 Å². The fraction of sp³-hybridized carbons (Fsp3) is 0.179. The van der Waals surface area contributed by atoms with Crippen LogP contribution in [0.15, 0.2) is 91.4 Å². The van der Waals surface area contributed by atoms with Crippen LogP contribution in [0.2, 0.25) is 0 Å². The van der Waals surface area contributed by atoms with Crippen LogP contribution in [0.1, 0.15) is 21.5 Å². The van der Waals surface area contributed by atoms with E-state index in [1.54, 1.807) is 23.0 Å². The summed E-state index contributed by atoms with van der Waals surface area (Å²) in [6.45, 7) is 2.48. The Morgan fingerprint density at radius 3 is 2.71 bits per heavy atom. The highest BCUT2D eigenvalue weighted by molar-refractivity contribution is 5.99. The number of benzene rings is 3. The van der Waals surface area contributed by atoms with Crippen molar-refractivity contribution in [3.8, 4) is 5.75 Å². The summed E-state index contributed by atoms with van der Waals surface area (Å²) in [4.78, 5) is 18.9. The summed E-state index contributed by atoms with van der Waals surface area (Å²) >= 11 is 0. The van der Waals surface area contributed by atoms with Crippen LogP contribution in [0.4, 0.5) is 0 Å². The molecule has 35 heavy (non-hydrogen) atoms. The molecule has 2 heterocycles. The first-order chi connectivity index (χ1) is 17.2. The molecule has 7 nitrogen and oxygen atoms in total. The third kappa shape index (κ3) is 5.31. The maximum Gasteiger partial charge on any atom is 0.256 e. The maximum absolute atomic E-state index is 12.4. The summed E-state index contributed by atoms with van der Waals surface area (Å²) in [5, 5.41) is 9.57. The Balaban J connectivity index is 1.09. The number of nitrogens with zero attached hydrogens (tertiary/aromatic N) is 4. The van der Waals surface area contributed by atoms with Gasteiger partial charge in [-0.25, -0.2) is 9.50 Å². The summed E-state index contributed by atoms with van der Waals surface area (Å²) in [7, 11) is 2.13. The molecule has 0 bridgehead atoms. The van der Waals surface area contributed by atoms with Crippen LogP contribution < -0.4 is 10.1 Å². The molecule has 2 aromatic heterocycles. The Morgan fingerprint density at radius 1 is 1.00 bits per heavy atom. The molecule has 7 heteroatoms. The first-order valence-electron chi connectivity index (χ1n) is 11.6. The molecule has 3 aromatic carbocycles. The molecule has 176 valence electrons. The molecule has 0 aliphatic heterocycles. The van der Waals surface area contributed by atoms with Crippen molar-refractivity contribution in [2.45, 2.75) is 13.1 Å². The number of rotatable bonds is 9. The van der Waals surface area contributed by atoms with Gasteiger partial charge in [0.25, 0.3) is 5.91 Å². The van der Waals surface area contributed by atoms with Gasteiger partial charge in [0.1, 0.15) is 17.9 Å². The predicted molar refractivity (Wildman–Crippen MR) is 136 cm³/mol. The second-order valence-electron chi connectivity index (χ2n) is 8.50. The second-order valence-corrected chi connectivity index (χ2v) is 8.50. The Labute approximate surface area is 204 Å². The summed E-state index contributed by atoms with van der Waals surface area (Å²) in [6.07, 6.45) is 4.92. The van der Waals surface area contributed by atoms with Crippen molar-refractivity contribution in [1.82, 2.24) is 24.8 Å². The van der Waals surface area contributed by atoms with Crippen LogP contribution in [-0.2, 0) is 13.1 Å². The average molecular weight is 466 g/mol. The molecule has 1 N–H and O–H groups in total. The van der Waals surface area contributed by atoms with E-state index >= 15 is 0 Å². The van der Waals surface area contributed by atoms with Gasteiger partial charge in [-0.05, 0) is 47.1 Å². The van der Waals surface area contributed by atoms with Gasteiger partial charge in [0.15, 0.2) is 5.65 Å². The summed E-state index contributed by atoms with van der Waals surface area (Å²) in [5.74, 6) is 0.559. The lowest BCUT2D eigenvalue weighted by atomic mass is 10.0. The summed E-state index contributed by atoms with van der Waals surface area (Å²) < 4.78 is 7.38. The zero-order chi connectivity index (χ0) is 24.0.